The maximum atomic E-state index is 11.0. The molecular formula is C9H13NO5. The van der Waals surface area contributed by atoms with E-state index in [0.29, 0.717) is 0 Å². The van der Waals surface area contributed by atoms with E-state index < -0.39 is 23.9 Å². The van der Waals surface area contributed by atoms with Crippen molar-refractivity contribution in [2.24, 2.45) is 0 Å². The Morgan fingerprint density at radius 3 is 2.87 bits per heavy atom. The fourth-order valence-electron chi connectivity index (χ4n) is 0.968. The van der Waals surface area contributed by atoms with Gasteiger partial charge >= 0.3 is 0 Å². The summed E-state index contributed by atoms with van der Waals surface area (Å²) in [4.78, 5) is 16.0. The lowest BCUT2D eigenvalue weighted by molar-refractivity contribution is -0.00331. The van der Waals surface area contributed by atoms with Crippen LogP contribution >= 0.6 is 0 Å². The zero-order valence-corrected chi connectivity index (χ0v) is 8.25. The second-order valence-electron chi connectivity index (χ2n) is 3.07. The molecular weight excluding hydrogens is 202 g/mol. The molecule has 0 saturated carbocycles. The van der Waals surface area contributed by atoms with Crippen LogP contribution < -0.4 is 10.3 Å². The molecule has 15 heavy (non-hydrogen) atoms. The minimum absolute atomic E-state index is 0.125. The third kappa shape index (κ3) is 2.71. The molecule has 84 valence electrons. The van der Waals surface area contributed by atoms with Gasteiger partial charge in [-0.1, -0.05) is 0 Å². The zero-order valence-electron chi connectivity index (χ0n) is 8.25. The summed E-state index contributed by atoms with van der Waals surface area (Å²) in [6, 6.07) is 1.15. The second-order valence-corrected chi connectivity index (χ2v) is 3.07. The van der Waals surface area contributed by atoms with Crippen LogP contribution in [0.4, 0.5) is 0 Å². The summed E-state index contributed by atoms with van der Waals surface area (Å²) in [6.45, 7) is 0.965. The van der Waals surface area contributed by atoms with Gasteiger partial charge in [-0.05, 0) is 6.92 Å². The highest BCUT2D eigenvalue weighted by Gasteiger charge is 2.07. The number of rotatable bonds is 4. The number of hydrogen-bond acceptors (Lipinski definition) is 5. The van der Waals surface area contributed by atoms with E-state index in [1.807, 2.05) is 0 Å². The Bertz CT molecular complexity index is 387. The summed E-state index contributed by atoms with van der Waals surface area (Å²) in [5.74, 6) is -0.393. The molecule has 0 aliphatic heterocycles. The van der Waals surface area contributed by atoms with Crippen molar-refractivity contribution in [3.8, 4) is 5.75 Å². The third-order valence-electron chi connectivity index (χ3n) is 1.88. The molecule has 0 aromatic carbocycles. The predicted octanol–water partition coefficient (Wildman–Crippen LogP) is -1.36. The largest absolute Gasteiger partial charge is 0.503 e. The molecule has 0 aliphatic rings. The van der Waals surface area contributed by atoms with Crippen molar-refractivity contribution in [2.75, 3.05) is 13.2 Å². The van der Waals surface area contributed by atoms with Gasteiger partial charge in [0.15, 0.2) is 5.75 Å². The van der Waals surface area contributed by atoms with Crippen LogP contribution in [0.1, 0.15) is 5.69 Å². The van der Waals surface area contributed by atoms with E-state index in [1.54, 1.807) is 0 Å². The summed E-state index contributed by atoms with van der Waals surface area (Å²) in [7, 11) is 0. The first-order valence-electron chi connectivity index (χ1n) is 4.39. The van der Waals surface area contributed by atoms with Gasteiger partial charge in [-0.25, -0.2) is 0 Å². The Balaban J connectivity index is 2.79. The Hall–Kier alpha value is -1.53. The van der Waals surface area contributed by atoms with Crippen LogP contribution in [0.25, 0.3) is 0 Å². The van der Waals surface area contributed by atoms with E-state index in [2.05, 4.69) is 0 Å². The molecule has 0 radical (unpaired) electrons. The van der Waals surface area contributed by atoms with Gasteiger partial charge in [0.1, 0.15) is 12.7 Å². The highest BCUT2D eigenvalue weighted by Crippen LogP contribution is 2.07. The predicted molar refractivity (Wildman–Crippen MR) is 51.6 cm³/mol. The number of hydrogen-bond donors (Lipinski definition) is 3. The molecule has 0 amide bonds. The molecule has 1 unspecified atom stereocenters. The molecule has 1 heterocycles. The zero-order chi connectivity index (χ0) is 11.4. The maximum absolute atomic E-state index is 11.0. The molecule has 1 aromatic heterocycles. The van der Waals surface area contributed by atoms with Crippen LogP contribution in [-0.2, 0) is 0 Å². The number of aliphatic hydroxyl groups excluding tert-OH is 2. The molecule has 6 nitrogen and oxygen atoms in total. The van der Waals surface area contributed by atoms with Gasteiger partial charge in [0.05, 0.1) is 12.3 Å². The molecule has 0 fully saturated rings. The fraction of sp³-hybridized carbons (Fsp3) is 0.444. The molecule has 0 aliphatic carbocycles. The van der Waals surface area contributed by atoms with Crippen LogP contribution in [0, 0.1) is 6.92 Å². The Labute approximate surface area is 85.9 Å². The van der Waals surface area contributed by atoms with Crippen LogP contribution in [0.5, 0.6) is 5.75 Å². The summed E-state index contributed by atoms with van der Waals surface area (Å²) < 4.78 is 1.16. The standard InChI is InChI=1S/C9H13NO5/c1-6-9(14)8(13)2-3-10(6)15-5-7(12)4-11/h2-3,7,11-12,14H,4-5H2,1H3. The molecule has 0 saturated heterocycles. The van der Waals surface area contributed by atoms with E-state index in [1.165, 1.54) is 13.1 Å². The van der Waals surface area contributed by atoms with E-state index in [9.17, 15) is 9.90 Å². The lowest BCUT2D eigenvalue weighted by Gasteiger charge is -2.14. The summed E-state index contributed by atoms with van der Waals surface area (Å²) in [5.41, 5.74) is -0.248. The average Bonchev–Trinajstić information content (AvgIpc) is 2.24. The van der Waals surface area contributed by atoms with Crippen molar-refractivity contribution in [3.05, 3.63) is 28.2 Å². The Morgan fingerprint density at radius 1 is 1.60 bits per heavy atom. The second kappa shape index (κ2) is 4.81. The highest BCUT2D eigenvalue weighted by molar-refractivity contribution is 5.24. The number of aromatic hydroxyl groups is 1. The first kappa shape index (κ1) is 11.5. The van der Waals surface area contributed by atoms with E-state index in [0.717, 1.165) is 10.8 Å². The van der Waals surface area contributed by atoms with Gasteiger partial charge in [-0.2, -0.15) is 4.73 Å². The third-order valence-corrected chi connectivity index (χ3v) is 1.88. The Kier molecular flexibility index (Phi) is 3.70. The quantitative estimate of drug-likeness (QED) is 0.577. The lowest BCUT2D eigenvalue weighted by Crippen LogP contribution is -2.28. The minimum atomic E-state index is -0.994. The van der Waals surface area contributed by atoms with Gasteiger partial charge < -0.3 is 20.2 Å². The Morgan fingerprint density at radius 2 is 2.27 bits per heavy atom. The molecule has 1 atom stereocenters. The molecule has 1 rings (SSSR count). The van der Waals surface area contributed by atoms with Crippen molar-refractivity contribution < 1.29 is 20.2 Å². The SMILES string of the molecule is Cc1c(O)c(=O)ccn1OCC(O)CO. The minimum Gasteiger partial charge on any atom is -0.503 e. The van der Waals surface area contributed by atoms with Gasteiger partial charge in [0, 0.05) is 12.3 Å². The first-order valence-corrected chi connectivity index (χ1v) is 4.39. The van der Waals surface area contributed by atoms with Crippen LogP contribution in [0.2, 0.25) is 0 Å². The van der Waals surface area contributed by atoms with Crippen molar-refractivity contribution in [3.63, 3.8) is 0 Å². The van der Waals surface area contributed by atoms with Gasteiger partial charge in [-0.3, -0.25) is 4.79 Å². The van der Waals surface area contributed by atoms with Crippen molar-refractivity contribution in [2.45, 2.75) is 13.0 Å². The number of pyridine rings is 1. The normalized spacial score (nSPS) is 12.5. The molecule has 6 heteroatoms. The summed E-state index contributed by atoms with van der Waals surface area (Å²) in [6.07, 6.45) is 0.340. The first-order chi connectivity index (χ1) is 7.06. The topological polar surface area (TPSA) is 91.9 Å². The van der Waals surface area contributed by atoms with Crippen LogP contribution in [0.15, 0.2) is 17.1 Å². The number of nitrogens with zero attached hydrogens (tertiary/aromatic N) is 1. The van der Waals surface area contributed by atoms with E-state index in [-0.39, 0.29) is 12.3 Å². The van der Waals surface area contributed by atoms with Gasteiger partial charge in [0.2, 0.25) is 5.43 Å². The fourth-order valence-corrected chi connectivity index (χ4v) is 0.968. The van der Waals surface area contributed by atoms with Crippen LogP contribution in [0.3, 0.4) is 0 Å². The van der Waals surface area contributed by atoms with Crippen molar-refractivity contribution >= 4 is 0 Å². The van der Waals surface area contributed by atoms with E-state index in [4.69, 9.17) is 15.1 Å². The van der Waals surface area contributed by atoms with Gasteiger partial charge in [0.25, 0.3) is 0 Å². The lowest BCUT2D eigenvalue weighted by atomic mass is 10.3. The smallest absolute Gasteiger partial charge is 0.223 e. The highest BCUT2D eigenvalue weighted by atomic mass is 16.7. The van der Waals surface area contributed by atoms with Crippen molar-refractivity contribution in [1.82, 2.24) is 4.73 Å². The molecule has 0 bridgehead atoms. The van der Waals surface area contributed by atoms with Gasteiger partial charge in [-0.15, -0.1) is 0 Å². The van der Waals surface area contributed by atoms with Crippen LogP contribution in [-0.4, -0.2) is 39.4 Å². The maximum Gasteiger partial charge on any atom is 0.223 e. The number of aromatic nitrogens is 1. The summed E-state index contributed by atoms with van der Waals surface area (Å²) >= 11 is 0. The number of aliphatic hydroxyl groups is 2. The molecule has 3 N–H and O–H groups in total. The average molecular weight is 215 g/mol. The summed E-state index contributed by atoms with van der Waals surface area (Å²) in [5, 5.41) is 26.8. The molecule has 1 aromatic rings. The molecule has 0 spiro atoms. The van der Waals surface area contributed by atoms with Crippen molar-refractivity contribution in [1.29, 1.82) is 0 Å². The monoisotopic (exact) mass is 215 g/mol. The van der Waals surface area contributed by atoms with E-state index >= 15 is 0 Å².